The molecule has 0 spiro atoms. The van der Waals surface area contributed by atoms with Gasteiger partial charge >= 0.3 is 0 Å². The van der Waals surface area contributed by atoms with Crippen LogP contribution in [0.2, 0.25) is 0 Å². The Kier molecular flexibility index (Phi) is 5.84. The van der Waals surface area contributed by atoms with E-state index in [2.05, 4.69) is 103 Å². The standard InChI is InChI=1S/C44H26N2O2/c1-3-12-27(13-4-1)34-23-31(24-36-35-22-29-16-7-8-17-30(29)25-41(35)48-43(34)36)37-26-38(46-44(45-37)28-14-5-2-6-15-28)32-19-11-21-40-42(32)33-18-9-10-20-39(33)47-40/h1-26H. The van der Waals surface area contributed by atoms with Crippen LogP contribution in [0.3, 0.4) is 0 Å². The fourth-order valence-corrected chi connectivity index (χ4v) is 6.98. The monoisotopic (exact) mass is 614 g/mol. The fraction of sp³-hybridized carbons (Fsp3) is 0. The van der Waals surface area contributed by atoms with Gasteiger partial charge in [-0.15, -0.1) is 0 Å². The average molecular weight is 615 g/mol. The molecule has 0 N–H and O–H groups in total. The van der Waals surface area contributed by atoms with E-state index >= 15 is 0 Å². The van der Waals surface area contributed by atoms with E-state index in [-0.39, 0.29) is 0 Å². The molecule has 48 heavy (non-hydrogen) atoms. The highest BCUT2D eigenvalue weighted by Gasteiger charge is 2.20. The van der Waals surface area contributed by atoms with Crippen molar-refractivity contribution in [1.82, 2.24) is 9.97 Å². The van der Waals surface area contributed by atoms with E-state index in [1.807, 2.05) is 54.6 Å². The van der Waals surface area contributed by atoms with Crippen LogP contribution in [0.4, 0.5) is 0 Å². The maximum absolute atomic E-state index is 6.66. The molecule has 0 radical (unpaired) electrons. The first kappa shape index (κ1) is 26.7. The van der Waals surface area contributed by atoms with E-state index in [1.54, 1.807) is 0 Å². The number of hydrogen-bond acceptors (Lipinski definition) is 4. The van der Waals surface area contributed by atoms with Crippen LogP contribution in [0.15, 0.2) is 167 Å². The van der Waals surface area contributed by atoms with Crippen LogP contribution in [0.1, 0.15) is 0 Å². The zero-order valence-corrected chi connectivity index (χ0v) is 25.7. The van der Waals surface area contributed by atoms with E-state index < -0.39 is 0 Å². The van der Waals surface area contributed by atoms with Crippen molar-refractivity contribution in [3.05, 3.63) is 158 Å². The van der Waals surface area contributed by atoms with Crippen molar-refractivity contribution in [2.45, 2.75) is 0 Å². The van der Waals surface area contributed by atoms with E-state index in [4.69, 9.17) is 18.8 Å². The minimum atomic E-state index is 0.664. The van der Waals surface area contributed by atoms with Gasteiger partial charge in [-0.25, -0.2) is 9.97 Å². The molecule has 0 saturated carbocycles. The predicted octanol–water partition coefficient (Wildman–Crippen LogP) is 12.1. The topological polar surface area (TPSA) is 52.1 Å². The van der Waals surface area contributed by atoms with Gasteiger partial charge < -0.3 is 8.83 Å². The summed E-state index contributed by atoms with van der Waals surface area (Å²) >= 11 is 0. The first-order valence-electron chi connectivity index (χ1n) is 16.1. The molecule has 0 aliphatic rings. The second-order valence-electron chi connectivity index (χ2n) is 12.2. The van der Waals surface area contributed by atoms with Gasteiger partial charge in [0.1, 0.15) is 22.3 Å². The lowest BCUT2D eigenvalue weighted by atomic mass is 9.96. The number of benzene rings is 7. The van der Waals surface area contributed by atoms with Crippen molar-refractivity contribution < 1.29 is 8.83 Å². The molecule has 0 unspecified atom stereocenters. The molecule has 3 heterocycles. The molecule has 4 heteroatoms. The van der Waals surface area contributed by atoms with Crippen molar-refractivity contribution in [2.75, 3.05) is 0 Å². The summed E-state index contributed by atoms with van der Waals surface area (Å²) in [4.78, 5) is 10.4. The van der Waals surface area contributed by atoms with Crippen molar-refractivity contribution in [2.24, 2.45) is 0 Å². The zero-order valence-electron chi connectivity index (χ0n) is 25.7. The maximum atomic E-state index is 6.66. The maximum Gasteiger partial charge on any atom is 0.160 e. The van der Waals surface area contributed by atoms with Crippen LogP contribution in [-0.2, 0) is 0 Å². The van der Waals surface area contributed by atoms with Crippen LogP contribution in [0, 0.1) is 0 Å². The van der Waals surface area contributed by atoms with Crippen LogP contribution in [0.5, 0.6) is 0 Å². The van der Waals surface area contributed by atoms with Gasteiger partial charge in [-0.05, 0) is 58.8 Å². The highest BCUT2D eigenvalue weighted by atomic mass is 16.3. The molecule has 3 aromatic heterocycles. The average Bonchev–Trinajstić information content (AvgIpc) is 3.72. The molecule has 0 fully saturated rings. The Morgan fingerprint density at radius 1 is 0.375 bits per heavy atom. The van der Waals surface area contributed by atoms with E-state index in [1.165, 1.54) is 5.39 Å². The Morgan fingerprint density at radius 3 is 1.90 bits per heavy atom. The predicted molar refractivity (Wildman–Crippen MR) is 196 cm³/mol. The van der Waals surface area contributed by atoms with E-state index in [0.717, 1.165) is 88.5 Å². The van der Waals surface area contributed by atoms with Gasteiger partial charge in [-0.3, -0.25) is 0 Å². The molecule has 0 atom stereocenters. The molecule has 0 saturated heterocycles. The molecule has 10 rings (SSSR count). The number of nitrogens with zero attached hydrogens (tertiary/aromatic N) is 2. The fourth-order valence-electron chi connectivity index (χ4n) is 6.98. The number of furan rings is 2. The molecule has 7 aromatic carbocycles. The number of para-hydroxylation sites is 1. The molecule has 0 bridgehead atoms. The van der Waals surface area contributed by atoms with E-state index in [0.29, 0.717) is 5.82 Å². The number of aromatic nitrogens is 2. The SMILES string of the molecule is c1ccc(-c2nc(-c3cc(-c4ccccc4)c4oc5cc6ccccc6cc5c4c3)cc(-c3cccc4oc5ccccc5c34)n2)cc1. The second kappa shape index (κ2) is 10.5. The van der Waals surface area contributed by atoms with Crippen molar-refractivity contribution in [1.29, 1.82) is 0 Å². The molecule has 10 aromatic rings. The number of fused-ring (bicyclic) bond motifs is 7. The molecule has 0 aliphatic carbocycles. The Bertz CT molecular complexity index is 2830. The largest absolute Gasteiger partial charge is 0.456 e. The van der Waals surface area contributed by atoms with Crippen LogP contribution < -0.4 is 0 Å². The Labute approximate surface area is 275 Å². The Hall–Kier alpha value is -6.52. The summed E-state index contributed by atoms with van der Waals surface area (Å²) in [6.07, 6.45) is 0. The molecule has 224 valence electrons. The summed E-state index contributed by atoms with van der Waals surface area (Å²) in [6, 6.07) is 54.3. The Balaban J connectivity index is 1.28. The Morgan fingerprint density at radius 2 is 1.06 bits per heavy atom. The van der Waals surface area contributed by atoms with Gasteiger partial charge in [-0.1, -0.05) is 115 Å². The lowest BCUT2D eigenvalue weighted by Gasteiger charge is -2.12. The zero-order chi connectivity index (χ0) is 31.6. The summed E-state index contributed by atoms with van der Waals surface area (Å²) in [6.45, 7) is 0. The third-order valence-electron chi connectivity index (χ3n) is 9.26. The quantitative estimate of drug-likeness (QED) is 0.198. The molecule has 0 aliphatic heterocycles. The normalized spacial score (nSPS) is 11.8. The highest BCUT2D eigenvalue weighted by Crippen LogP contribution is 2.42. The van der Waals surface area contributed by atoms with Gasteiger partial charge in [0, 0.05) is 43.8 Å². The lowest BCUT2D eigenvalue weighted by Crippen LogP contribution is -1.96. The summed E-state index contributed by atoms with van der Waals surface area (Å²) in [5.74, 6) is 0.664. The lowest BCUT2D eigenvalue weighted by molar-refractivity contribution is 0.669. The van der Waals surface area contributed by atoms with Crippen molar-refractivity contribution in [3.63, 3.8) is 0 Å². The molecular formula is C44H26N2O2. The second-order valence-corrected chi connectivity index (χ2v) is 12.2. The number of rotatable bonds is 4. The van der Waals surface area contributed by atoms with Crippen LogP contribution in [0.25, 0.3) is 99.7 Å². The molecular weight excluding hydrogens is 588 g/mol. The highest BCUT2D eigenvalue weighted by molar-refractivity contribution is 6.15. The summed E-state index contributed by atoms with van der Waals surface area (Å²) < 4.78 is 12.9. The summed E-state index contributed by atoms with van der Waals surface area (Å²) in [5, 5.41) is 6.57. The molecule has 0 amide bonds. The first-order valence-corrected chi connectivity index (χ1v) is 16.1. The van der Waals surface area contributed by atoms with Gasteiger partial charge in [0.05, 0.1) is 11.4 Å². The van der Waals surface area contributed by atoms with Gasteiger partial charge in [0.2, 0.25) is 0 Å². The van der Waals surface area contributed by atoms with Crippen LogP contribution in [-0.4, -0.2) is 9.97 Å². The summed E-state index contributed by atoms with van der Waals surface area (Å²) in [5.41, 5.74) is 10.1. The first-order chi connectivity index (χ1) is 23.8. The van der Waals surface area contributed by atoms with Crippen LogP contribution >= 0.6 is 0 Å². The molecule has 4 nitrogen and oxygen atoms in total. The third kappa shape index (κ3) is 4.24. The van der Waals surface area contributed by atoms with Crippen molar-refractivity contribution >= 4 is 54.6 Å². The number of hydrogen-bond donors (Lipinski definition) is 0. The smallest absolute Gasteiger partial charge is 0.160 e. The van der Waals surface area contributed by atoms with Crippen molar-refractivity contribution in [3.8, 4) is 45.0 Å². The van der Waals surface area contributed by atoms with Gasteiger partial charge in [-0.2, -0.15) is 0 Å². The van der Waals surface area contributed by atoms with E-state index in [9.17, 15) is 0 Å². The van der Waals surface area contributed by atoms with Gasteiger partial charge in [0.15, 0.2) is 5.82 Å². The minimum absolute atomic E-state index is 0.664. The summed E-state index contributed by atoms with van der Waals surface area (Å²) in [7, 11) is 0. The van der Waals surface area contributed by atoms with Gasteiger partial charge in [0.25, 0.3) is 0 Å². The third-order valence-corrected chi connectivity index (χ3v) is 9.26. The minimum Gasteiger partial charge on any atom is -0.456 e.